The lowest BCUT2D eigenvalue weighted by Gasteiger charge is -2.28. The van der Waals surface area contributed by atoms with Crippen molar-refractivity contribution in [2.75, 3.05) is 47.5 Å². The van der Waals surface area contributed by atoms with Gasteiger partial charge in [-0.05, 0) is 77.0 Å². The Hall–Kier alpha value is -2.03. The van der Waals surface area contributed by atoms with Gasteiger partial charge in [-0.25, -0.2) is 0 Å². The number of unbranched alkanes of at least 4 members (excludes halogenated alkanes) is 31. The second-order valence-electron chi connectivity index (χ2n) is 20.6. The van der Waals surface area contributed by atoms with Crippen LogP contribution in [0.2, 0.25) is 0 Å². The highest BCUT2D eigenvalue weighted by molar-refractivity contribution is 7.45. The van der Waals surface area contributed by atoms with Gasteiger partial charge >= 0.3 is 11.9 Å². The fourth-order valence-corrected chi connectivity index (χ4v) is 8.80. The summed E-state index contributed by atoms with van der Waals surface area (Å²) in [4.78, 5) is 37.7. The topological polar surface area (TPSA) is 111 Å². The molecule has 0 bridgehead atoms. The molecular formula is C59H110NO8P. The van der Waals surface area contributed by atoms with Crippen molar-refractivity contribution in [2.24, 2.45) is 0 Å². The number of ether oxygens (including phenoxy) is 2. The molecule has 0 rings (SSSR count). The monoisotopic (exact) mass is 992 g/mol. The van der Waals surface area contributed by atoms with Gasteiger partial charge < -0.3 is 27.9 Å². The van der Waals surface area contributed by atoms with Crippen LogP contribution in [0.3, 0.4) is 0 Å². The standard InChI is InChI=1S/C59H110NO8P/c1-6-8-10-12-14-16-18-20-21-22-23-24-25-26-27-28-29-30-31-32-33-34-35-36-37-38-39-40-42-44-46-48-50-52-59(62)68-57(56-67-69(63,64)66-54-53-60(3,4)5)55-65-58(61)51-49-47-45-43-41-19-17-15-13-11-9-7-2/h15,17-18,20,22-23,25-26,57H,6-14,16,19,21,24,27-56H2,1-5H3/b17-15-,20-18-,23-22-,26-25-. The lowest BCUT2D eigenvalue weighted by Crippen LogP contribution is -2.37. The Bertz CT molecular complexity index is 1310. The number of esters is 2. The first-order chi connectivity index (χ1) is 33.5. The first kappa shape index (κ1) is 67.0. The highest BCUT2D eigenvalue weighted by atomic mass is 31.2. The molecule has 0 aliphatic carbocycles. The third-order valence-corrected chi connectivity index (χ3v) is 13.5. The number of quaternary nitrogens is 1. The van der Waals surface area contributed by atoms with E-state index >= 15 is 0 Å². The van der Waals surface area contributed by atoms with E-state index in [1.165, 1.54) is 161 Å². The van der Waals surface area contributed by atoms with Crippen LogP contribution in [0, 0.1) is 0 Å². The maximum absolute atomic E-state index is 12.8. The molecule has 0 aliphatic heterocycles. The second kappa shape index (κ2) is 50.9. The molecule has 0 saturated heterocycles. The summed E-state index contributed by atoms with van der Waals surface area (Å²) in [5.41, 5.74) is 0. The van der Waals surface area contributed by atoms with Crippen LogP contribution in [0.25, 0.3) is 0 Å². The van der Waals surface area contributed by atoms with E-state index in [2.05, 4.69) is 62.5 Å². The molecule has 2 unspecified atom stereocenters. The quantitative estimate of drug-likeness (QED) is 0.0195. The third kappa shape index (κ3) is 55.1. The summed E-state index contributed by atoms with van der Waals surface area (Å²) in [6, 6.07) is 0. The van der Waals surface area contributed by atoms with Gasteiger partial charge in [0.1, 0.15) is 19.8 Å². The number of carbonyl (C=O) groups excluding carboxylic acids is 2. The number of nitrogens with zero attached hydrogens (tertiary/aromatic N) is 1. The minimum absolute atomic E-state index is 0.0315. The maximum Gasteiger partial charge on any atom is 0.306 e. The Morgan fingerprint density at radius 3 is 1.20 bits per heavy atom. The van der Waals surface area contributed by atoms with E-state index in [9.17, 15) is 19.0 Å². The summed E-state index contributed by atoms with van der Waals surface area (Å²) >= 11 is 0. The van der Waals surface area contributed by atoms with Gasteiger partial charge in [0.25, 0.3) is 7.82 Å². The molecule has 0 N–H and O–H groups in total. The SMILES string of the molecule is CCCCC/C=C\CCCCCCCC(=O)OCC(COP(=O)([O-])OCC[N+](C)(C)C)OC(=O)CCCCCCCCCCCCCCCCCCCC/C=C\C/C=C\C/C=C\CCCCCCC. The van der Waals surface area contributed by atoms with Crippen LogP contribution < -0.4 is 4.89 Å². The predicted molar refractivity (Wildman–Crippen MR) is 291 cm³/mol. The summed E-state index contributed by atoms with van der Waals surface area (Å²) < 4.78 is 34.1. The minimum atomic E-state index is -4.63. The van der Waals surface area contributed by atoms with Crippen LogP contribution in [-0.4, -0.2) is 70.0 Å². The Morgan fingerprint density at radius 2 is 0.783 bits per heavy atom. The van der Waals surface area contributed by atoms with E-state index in [-0.39, 0.29) is 26.1 Å². The van der Waals surface area contributed by atoms with Crippen molar-refractivity contribution in [3.8, 4) is 0 Å². The number of hydrogen-bond donors (Lipinski definition) is 0. The third-order valence-electron chi connectivity index (χ3n) is 12.6. The fourth-order valence-electron chi connectivity index (χ4n) is 8.07. The molecule has 69 heavy (non-hydrogen) atoms. The number of phosphoric ester groups is 1. The molecule has 404 valence electrons. The van der Waals surface area contributed by atoms with Crippen LogP contribution in [-0.2, 0) is 32.7 Å². The van der Waals surface area contributed by atoms with Crippen LogP contribution in [0.5, 0.6) is 0 Å². The van der Waals surface area contributed by atoms with Gasteiger partial charge in [0, 0.05) is 12.8 Å². The fraction of sp³-hybridized carbons (Fsp3) is 0.831. The van der Waals surface area contributed by atoms with E-state index in [0.717, 1.165) is 70.6 Å². The molecule has 0 fully saturated rings. The number of rotatable bonds is 53. The van der Waals surface area contributed by atoms with E-state index in [1.54, 1.807) is 0 Å². The van der Waals surface area contributed by atoms with Crippen molar-refractivity contribution >= 4 is 19.8 Å². The Labute approximate surface area is 426 Å². The molecule has 0 amide bonds. The molecule has 0 spiro atoms. The number of phosphoric acid groups is 1. The number of carbonyl (C=O) groups is 2. The smallest absolute Gasteiger partial charge is 0.306 e. The molecule has 0 aromatic carbocycles. The van der Waals surface area contributed by atoms with Gasteiger partial charge in [0.15, 0.2) is 6.10 Å². The first-order valence-electron chi connectivity index (χ1n) is 28.8. The molecule has 0 saturated carbocycles. The lowest BCUT2D eigenvalue weighted by molar-refractivity contribution is -0.870. The van der Waals surface area contributed by atoms with Gasteiger partial charge in [0.05, 0.1) is 27.7 Å². The minimum Gasteiger partial charge on any atom is -0.756 e. The summed E-state index contributed by atoms with van der Waals surface area (Å²) in [6.07, 6.45) is 63.2. The zero-order chi connectivity index (χ0) is 50.6. The van der Waals surface area contributed by atoms with Crippen molar-refractivity contribution in [1.29, 1.82) is 0 Å². The predicted octanol–water partition coefficient (Wildman–Crippen LogP) is 17.1. The van der Waals surface area contributed by atoms with Crippen molar-refractivity contribution < 1.29 is 42.1 Å². The van der Waals surface area contributed by atoms with E-state index in [1.807, 2.05) is 21.1 Å². The highest BCUT2D eigenvalue weighted by Gasteiger charge is 2.22. The molecule has 0 heterocycles. The van der Waals surface area contributed by atoms with Crippen molar-refractivity contribution in [3.05, 3.63) is 48.6 Å². The molecular weight excluding hydrogens is 882 g/mol. The maximum atomic E-state index is 12.8. The zero-order valence-electron chi connectivity index (χ0n) is 45.8. The average molecular weight is 993 g/mol. The molecule has 0 aromatic heterocycles. The molecule has 0 aromatic rings. The van der Waals surface area contributed by atoms with Crippen LogP contribution >= 0.6 is 7.82 Å². The zero-order valence-corrected chi connectivity index (χ0v) is 46.7. The normalized spacial score (nSPS) is 13.7. The van der Waals surface area contributed by atoms with Crippen molar-refractivity contribution in [1.82, 2.24) is 0 Å². The number of allylic oxidation sites excluding steroid dienone is 8. The van der Waals surface area contributed by atoms with Gasteiger partial charge in [-0.15, -0.1) is 0 Å². The molecule has 2 atom stereocenters. The van der Waals surface area contributed by atoms with E-state index in [4.69, 9.17) is 18.5 Å². The van der Waals surface area contributed by atoms with Gasteiger partial charge in [-0.1, -0.05) is 223 Å². The lowest BCUT2D eigenvalue weighted by atomic mass is 10.0. The van der Waals surface area contributed by atoms with Gasteiger partial charge in [0.2, 0.25) is 0 Å². The summed E-state index contributed by atoms with van der Waals surface area (Å²) in [6.45, 7) is 4.21. The van der Waals surface area contributed by atoms with Crippen molar-refractivity contribution in [3.63, 3.8) is 0 Å². The summed E-state index contributed by atoms with van der Waals surface area (Å²) in [7, 11) is 1.17. The number of hydrogen-bond acceptors (Lipinski definition) is 8. The summed E-state index contributed by atoms with van der Waals surface area (Å²) in [5.74, 6) is -0.837. The van der Waals surface area contributed by atoms with Crippen LogP contribution in [0.15, 0.2) is 48.6 Å². The first-order valence-corrected chi connectivity index (χ1v) is 30.3. The van der Waals surface area contributed by atoms with E-state index < -0.39 is 32.5 Å². The highest BCUT2D eigenvalue weighted by Crippen LogP contribution is 2.38. The van der Waals surface area contributed by atoms with Crippen LogP contribution in [0.4, 0.5) is 0 Å². The van der Waals surface area contributed by atoms with E-state index in [0.29, 0.717) is 17.4 Å². The molecule has 10 heteroatoms. The Balaban J connectivity index is 4.00. The van der Waals surface area contributed by atoms with Gasteiger partial charge in [-0.2, -0.15) is 0 Å². The molecule has 0 radical (unpaired) electrons. The summed E-state index contributed by atoms with van der Waals surface area (Å²) in [5, 5.41) is 0. The van der Waals surface area contributed by atoms with Crippen LogP contribution in [0.1, 0.15) is 264 Å². The van der Waals surface area contributed by atoms with Gasteiger partial charge in [-0.3, -0.25) is 14.2 Å². The molecule has 0 aliphatic rings. The Kier molecular flexibility index (Phi) is 49.4. The largest absolute Gasteiger partial charge is 0.756 e. The second-order valence-corrected chi connectivity index (χ2v) is 22.1. The Morgan fingerprint density at radius 1 is 0.449 bits per heavy atom. The molecule has 9 nitrogen and oxygen atoms in total. The van der Waals surface area contributed by atoms with Crippen molar-refractivity contribution in [2.45, 2.75) is 270 Å². The average Bonchev–Trinajstić information content (AvgIpc) is 3.31. The number of likely N-dealkylation sites (N-methyl/N-ethyl adjacent to an activating group) is 1.